The minimum Gasteiger partial charge on any atom is -0.550 e. The Morgan fingerprint density at radius 3 is 0.364 bits per heavy atom. The van der Waals surface area contributed by atoms with Crippen LogP contribution in [-0.2, 0) is 49.8 Å². The van der Waals surface area contributed by atoms with Gasteiger partial charge >= 0.3 is 21.1 Å². The summed E-state index contributed by atoms with van der Waals surface area (Å²) in [5, 5.41) is 61.5. The predicted molar refractivity (Wildman–Crippen MR) is 189 cm³/mol. The molecule has 0 aromatic rings. The normalized spacial score (nSPS) is 21.4. The molecular weight excluding hydrogens is 792 g/mol. The van der Waals surface area contributed by atoms with Crippen LogP contribution in [0.15, 0.2) is 0 Å². The Morgan fingerprint density at radius 1 is 0.218 bits per heavy atom. The minimum atomic E-state index is -0.852. The minimum absolute atomic E-state index is 0. The molecule has 0 radical (unpaired) electrons. The summed E-state index contributed by atoms with van der Waals surface area (Å²) < 4.78 is 0. The zero-order chi connectivity index (χ0) is 40.1. The maximum Gasteiger partial charge on any atom is 6.00 e. The van der Waals surface area contributed by atoms with Gasteiger partial charge in [-0.05, 0) is 113 Å². The first kappa shape index (κ1) is 52.5. The second kappa shape index (κ2) is 32.6. The molecular formula is C42H66MoO12. The number of hydrogen-bond donors (Lipinski definition) is 0. The summed E-state index contributed by atoms with van der Waals surface area (Å²) in [4.78, 5) is 61.5. The largest absolute Gasteiger partial charge is 6.00 e. The van der Waals surface area contributed by atoms with E-state index in [4.69, 9.17) is 0 Å². The van der Waals surface area contributed by atoms with E-state index in [1.807, 2.05) is 0 Å². The summed E-state index contributed by atoms with van der Waals surface area (Å²) in [6.07, 6.45) is 30.0. The van der Waals surface area contributed by atoms with Crippen LogP contribution in [-0.4, -0.2) is 35.8 Å². The van der Waals surface area contributed by atoms with E-state index in [0.717, 1.165) is 154 Å². The third-order valence-electron chi connectivity index (χ3n) is 11.6. The van der Waals surface area contributed by atoms with Gasteiger partial charge in [0, 0.05) is 35.8 Å². The monoisotopic (exact) mass is 860 g/mol. The summed E-state index contributed by atoms with van der Waals surface area (Å²) in [5.74, 6) is -5.95. The van der Waals surface area contributed by atoms with E-state index in [0.29, 0.717) is 0 Å². The van der Waals surface area contributed by atoms with Crippen molar-refractivity contribution in [3.8, 4) is 0 Å². The fourth-order valence-corrected chi connectivity index (χ4v) is 8.03. The van der Waals surface area contributed by atoms with Crippen molar-refractivity contribution >= 4 is 35.8 Å². The summed E-state index contributed by atoms with van der Waals surface area (Å²) >= 11 is 0. The van der Waals surface area contributed by atoms with Crippen LogP contribution in [0.25, 0.3) is 0 Å². The van der Waals surface area contributed by atoms with Crippen LogP contribution in [0.5, 0.6) is 0 Å². The van der Waals surface area contributed by atoms with E-state index in [1.54, 1.807) is 0 Å². The number of aliphatic carboxylic acids is 6. The molecule has 0 aliphatic heterocycles. The summed E-state index contributed by atoms with van der Waals surface area (Å²) in [5.41, 5.74) is 0. The number of carboxylic acids is 6. The second-order valence-corrected chi connectivity index (χ2v) is 15.9. The second-order valence-electron chi connectivity index (χ2n) is 15.9. The molecule has 6 fully saturated rings. The first-order valence-corrected chi connectivity index (χ1v) is 21.1. The Hall–Kier alpha value is -2.49. The average Bonchev–Trinajstić information content (AvgIpc) is 3.21. The van der Waals surface area contributed by atoms with Gasteiger partial charge in [0.2, 0.25) is 0 Å². The molecule has 0 amide bonds. The van der Waals surface area contributed by atoms with Crippen LogP contribution < -0.4 is 30.6 Å². The van der Waals surface area contributed by atoms with Crippen molar-refractivity contribution in [1.82, 2.24) is 0 Å². The quantitative estimate of drug-likeness (QED) is 0.348. The molecule has 6 aliphatic carbocycles. The van der Waals surface area contributed by atoms with Gasteiger partial charge in [-0.3, -0.25) is 0 Å². The number of rotatable bonds is 6. The predicted octanol–water partition coefficient (Wildman–Crippen LogP) is 1.90. The SMILES string of the molecule is O=C([O-])C1CCCCC1.O=C([O-])C1CCCCC1.O=C([O-])C1CCCCC1.O=C([O-])C1CCCCC1.O=C([O-])C1CCCCC1.O=C([O-])C1CCCCC1.[Mo+6]. The molecule has 55 heavy (non-hydrogen) atoms. The van der Waals surface area contributed by atoms with Gasteiger partial charge in [0.25, 0.3) is 0 Å². The maximum absolute atomic E-state index is 10.2. The van der Waals surface area contributed by atoms with E-state index >= 15 is 0 Å². The fraction of sp³-hybridized carbons (Fsp3) is 0.857. The Labute approximate surface area is 343 Å². The van der Waals surface area contributed by atoms with Crippen LogP contribution in [0.2, 0.25) is 0 Å². The van der Waals surface area contributed by atoms with Crippen LogP contribution >= 0.6 is 0 Å². The Morgan fingerprint density at radius 2 is 0.309 bits per heavy atom. The van der Waals surface area contributed by atoms with Crippen molar-refractivity contribution in [3.63, 3.8) is 0 Å². The van der Waals surface area contributed by atoms with Gasteiger partial charge in [-0.25, -0.2) is 0 Å². The van der Waals surface area contributed by atoms with Crippen molar-refractivity contribution < 1.29 is 80.5 Å². The van der Waals surface area contributed by atoms with E-state index in [9.17, 15) is 59.4 Å². The summed E-state index contributed by atoms with van der Waals surface area (Å²) in [6.45, 7) is 0. The van der Waals surface area contributed by atoms with Crippen molar-refractivity contribution in [1.29, 1.82) is 0 Å². The van der Waals surface area contributed by atoms with Gasteiger partial charge in [0.1, 0.15) is 0 Å². The van der Waals surface area contributed by atoms with Gasteiger partial charge in [-0.2, -0.15) is 0 Å². The van der Waals surface area contributed by atoms with Crippen LogP contribution in [0.4, 0.5) is 0 Å². The van der Waals surface area contributed by atoms with Gasteiger partial charge in [0.05, 0.1) is 0 Å². The smallest absolute Gasteiger partial charge is 0.550 e. The molecule has 13 heteroatoms. The van der Waals surface area contributed by atoms with E-state index in [1.165, 1.54) is 38.5 Å². The van der Waals surface area contributed by atoms with Gasteiger partial charge < -0.3 is 59.4 Å². The molecule has 12 nitrogen and oxygen atoms in total. The number of carbonyl (C=O) groups excluding carboxylic acids is 6. The molecule has 0 unspecified atom stereocenters. The zero-order valence-electron chi connectivity index (χ0n) is 33.0. The average molecular weight is 859 g/mol. The molecule has 0 bridgehead atoms. The van der Waals surface area contributed by atoms with Crippen LogP contribution in [0.1, 0.15) is 193 Å². The van der Waals surface area contributed by atoms with Crippen molar-refractivity contribution in [2.45, 2.75) is 193 Å². The molecule has 6 saturated carbocycles. The van der Waals surface area contributed by atoms with Crippen molar-refractivity contribution in [2.75, 3.05) is 0 Å². The summed E-state index contributed by atoms with van der Waals surface area (Å²) in [7, 11) is 0. The summed E-state index contributed by atoms with van der Waals surface area (Å²) in [6, 6.07) is 0. The molecule has 0 spiro atoms. The topological polar surface area (TPSA) is 241 Å². The van der Waals surface area contributed by atoms with Gasteiger partial charge in [-0.15, -0.1) is 0 Å². The molecule has 0 atom stereocenters. The standard InChI is InChI=1S/6C7H12O2.Mo/c6*8-7(9)6-4-2-1-3-5-6;/h6*6H,1-5H2,(H,8,9);/q;;;;;;+6/p-6. The van der Waals surface area contributed by atoms with E-state index in [2.05, 4.69) is 0 Å². The fourth-order valence-electron chi connectivity index (χ4n) is 8.03. The molecule has 0 aromatic heterocycles. The van der Waals surface area contributed by atoms with Gasteiger partial charge in [0.15, 0.2) is 0 Å². The van der Waals surface area contributed by atoms with Crippen LogP contribution in [0, 0.1) is 35.5 Å². The van der Waals surface area contributed by atoms with E-state index < -0.39 is 35.8 Å². The number of carbonyl (C=O) groups is 6. The molecule has 312 valence electrons. The van der Waals surface area contributed by atoms with E-state index in [-0.39, 0.29) is 56.6 Å². The molecule has 6 rings (SSSR count). The molecule has 6 aliphatic rings. The Kier molecular flexibility index (Phi) is 31.1. The molecule has 0 saturated heterocycles. The third-order valence-corrected chi connectivity index (χ3v) is 11.6. The molecule has 0 N–H and O–H groups in total. The van der Waals surface area contributed by atoms with Gasteiger partial charge in [-0.1, -0.05) is 116 Å². The molecule has 0 heterocycles. The maximum atomic E-state index is 10.2. The van der Waals surface area contributed by atoms with Crippen LogP contribution in [0.3, 0.4) is 0 Å². The first-order valence-electron chi connectivity index (χ1n) is 21.1. The Bertz CT molecular complexity index is 845. The number of hydrogen-bond acceptors (Lipinski definition) is 12. The molecule has 0 aromatic carbocycles. The van der Waals surface area contributed by atoms with Crippen molar-refractivity contribution in [2.24, 2.45) is 35.5 Å². The van der Waals surface area contributed by atoms with Crippen molar-refractivity contribution in [3.05, 3.63) is 0 Å². The third kappa shape index (κ3) is 26.1. The zero-order valence-corrected chi connectivity index (χ0v) is 35.0. The first-order chi connectivity index (χ1) is 25.8. The number of carboxylic acid groups (broad SMARTS) is 6. The Balaban J connectivity index is 0.000000634.